The third kappa shape index (κ3) is 5.34. The van der Waals surface area contributed by atoms with Gasteiger partial charge >= 0.3 is 51.4 Å². The van der Waals surface area contributed by atoms with Gasteiger partial charge in [0.25, 0.3) is 0 Å². The first-order chi connectivity index (χ1) is 6.20. The Bertz CT molecular complexity index is 222. The molecule has 0 saturated heterocycles. The van der Waals surface area contributed by atoms with Crippen LogP contribution in [-0.4, -0.2) is 0 Å². The summed E-state index contributed by atoms with van der Waals surface area (Å²) < 4.78 is 0. The molecule has 1 aliphatic carbocycles. The van der Waals surface area contributed by atoms with Crippen LogP contribution in [0.3, 0.4) is 0 Å². The Morgan fingerprint density at radius 2 is 1.77 bits per heavy atom. The van der Waals surface area contributed by atoms with E-state index in [1.807, 2.05) is 0 Å². The monoisotopic (exact) mass is 446 g/mol. The minimum Gasteiger partial charge on any atom is -0.210 e. The summed E-state index contributed by atoms with van der Waals surface area (Å²) >= 11 is 8.80. The second kappa shape index (κ2) is 7.03. The second-order valence-corrected chi connectivity index (χ2v) is 37.0. The molecule has 0 spiro atoms. The molecular weight excluding hydrogens is 439 g/mol. The van der Waals surface area contributed by atoms with E-state index in [-0.39, 0.29) is 0 Å². The van der Waals surface area contributed by atoms with Gasteiger partial charge in [-0.05, 0) is 0 Å². The van der Waals surface area contributed by atoms with Crippen LogP contribution in [0.1, 0.15) is 24.0 Å². The summed E-state index contributed by atoms with van der Waals surface area (Å²) in [5.74, 6) is 0. The average Bonchev–Trinajstić information content (AvgIpc) is 2.49. The first kappa shape index (κ1) is 12.7. The molecule has 0 aromatic heterocycles. The number of fused-ring (bicyclic) bond motifs is 1. The topological polar surface area (TPSA) is 0 Å². The fourth-order valence-corrected chi connectivity index (χ4v) is 1.61. The molecule has 4 heteroatoms. The predicted molar refractivity (Wildman–Crippen MR) is 65.5 cm³/mol. The molecule has 1 aromatic rings. The minimum absolute atomic E-state index is 1.11. The van der Waals surface area contributed by atoms with Crippen molar-refractivity contribution in [2.24, 2.45) is 0 Å². The number of hydrogen-bond acceptors (Lipinski definition) is 0. The molecule has 0 unspecified atom stereocenters. The van der Waals surface area contributed by atoms with Gasteiger partial charge in [-0.2, -0.15) is 23.3 Å². The quantitative estimate of drug-likeness (QED) is 0.498. The Balaban J connectivity index is 0.000000184. The van der Waals surface area contributed by atoms with Crippen LogP contribution in [0.25, 0.3) is 0 Å². The molecule has 2 rings (SSSR count). The molecular formula is C9H11Br3Zr-. The van der Waals surface area contributed by atoms with Crippen molar-refractivity contribution in [1.82, 2.24) is 0 Å². The number of hydrogen-bond donors (Lipinski definition) is 0. The molecule has 0 atom stereocenters. The molecule has 0 aliphatic heterocycles. The minimum atomic E-state index is -1.11. The Morgan fingerprint density at radius 3 is 2.38 bits per heavy atom. The van der Waals surface area contributed by atoms with E-state index in [0.29, 0.717) is 0 Å². The number of rotatable bonds is 0. The standard InChI is InChI=1S/C9H11.3BrH.Zr/c1-2-5-9-7-3-6-8(9)4-1;;;;/h3,6-7H,1-2,4-5H2;3*1H;/q-1;;;;+3/p-3. The smallest absolute Gasteiger partial charge is 0.0512 e. The van der Waals surface area contributed by atoms with E-state index in [2.05, 4.69) is 54.9 Å². The zero-order chi connectivity index (χ0) is 9.68. The third-order valence-electron chi connectivity index (χ3n) is 2.15. The summed E-state index contributed by atoms with van der Waals surface area (Å²) in [5.41, 5.74) is 3.20. The van der Waals surface area contributed by atoms with Crippen LogP contribution in [0.2, 0.25) is 0 Å². The van der Waals surface area contributed by atoms with Crippen molar-refractivity contribution >= 4 is 36.7 Å². The van der Waals surface area contributed by atoms with Crippen molar-refractivity contribution in [1.29, 1.82) is 0 Å². The van der Waals surface area contributed by atoms with Crippen LogP contribution < -0.4 is 0 Å². The average molecular weight is 450 g/mol. The van der Waals surface area contributed by atoms with Crippen molar-refractivity contribution in [2.75, 3.05) is 0 Å². The summed E-state index contributed by atoms with van der Waals surface area (Å²) in [7, 11) is 0. The fourth-order valence-electron chi connectivity index (χ4n) is 1.61. The molecule has 0 heterocycles. The summed E-state index contributed by atoms with van der Waals surface area (Å²) in [4.78, 5) is 0. The van der Waals surface area contributed by atoms with Gasteiger partial charge in [-0.25, -0.2) is 6.07 Å². The maximum absolute atomic E-state index is 3.30. The van der Waals surface area contributed by atoms with Crippen LogP contribution in [-0.2, 0) is 27.5 Å². The normalized spacial score (nSPS) is 14.1. The van der Waals surface area contributed by atoms with Crippen molar-refractivity contribution in [3.05, 3.63) is 29.3 Å². The maximum atomic E-state index is 3.30. The molecule has 0 amide bonds. The van der Waals surface area contributed by atoms with Crippen LogP contribution in [0.5, 0.6) is 0 Å². The molecule has 1 aromatic carbocycles. The number of aryl methyl sites for hydroxylation is 2. The molecule has 1 aliphatic rings. The van der Waals surface area contributed by atoms with Gasteiger partial charge in [0.2, 0.25) is 0 Å². The van der Waals surface area contributed by atoms with Crippen LogP contribution in [0.15, 0.2) is 18.2 Å². The van der Waals surface area contributed by atoms with E-state index in [9.17, 15) is 0 Å². The van der Waals surface area contributed by atoms with Gasteiger partial charge < -0.3 is 0 Å². The van der Waals surface area contributed by atoms with E-state index in [4.69, 9.17) is 0 Å². The van der Waals surface area contributed by atoms with Gasteiger partial charge in [-0.1, -0.05) is 25.7 Å². The van der Waals surface area contributed by atoms with E-state index in [1.54, 1.807) is 11.1 Å². The van der Waals surface area contributed by atoms with Crippen molar-refractivity contribution < 1.29 is 14.7 Å². The first-order valence-electron chi connectivity index (χ1n) is 4.27. The molecule has 0 fully saturated rings. The van der Waals surface area contributed by atoms with Crippen LogP contribution in [0.4, 0.5) is 0 Å². The molecule has 73 valence electrons. The molecule has 0 nitrogen and oxygen atoms in total. The van der Waals surface area contributed by atoms with Crippen LogP contribution >= 0.6 is 36.7 Å². The molecule has 0 N–H and O–H groups in total. The predicted octanol–water partition coefficient (Wildman–Crippen LogP) is 4.82. The third-order valence-corrected chi connectivity index (χ3v) is 2.15. The van der Waals surface area contributed by atoms with Gasteiger partial charge in [0.05, 0.1) is 0 Å². The fraction of sp³-hybridized carbons (Fsp3) is 0.444. The zero-order valence-corrected chi connectivity index (χ0v) is 14.4. The van der Waals surface area contributed by atoms with Crippen LogP contribution in [0, 0.1) is 0 Å². The van der Waals surface area contributed by atoms with Crippen molar-refractivity contribution in [2.45, 2.75) is 25.7 Å². The molecule has 0 bridgehead atoms. The molecule has 0 radical (unpaired) electrons. The van der Waals surface area contributed by atoms with E-state index in [1.165, 1.54) is 25.7 Å². The first-order valence-corrected chi connectivity index (χ1v) is 21.1. The summed E-state index contributed by atoms with van der Waals surface area (Å²) in [6, 6.07) is 6.69. The van der Waals surface area contributed by atoms with E-state index in [0.717, 1.165) is 0 Å². The summed E-state index contributed by atoms with van der Waals surface area (Å²) in [6.07, 6.45) is 5.44. The van der Waals surface area contributed by atoms with Crippen molar-refractivity contribution in [3.8, 4) is 0 Å². The van der Waals surface area contributed by atoms with Gasteiger partial charge in [0.1, 0.15) is 0 Å². The SMILES string of the molecule is [Br][Zr]([Br])[Br].c1cc2c([cH-]1)CCCC2. The summed E-state index contributed by atoms with van der Waals surface area (Å²) in [5, 5.41) is 0. The van der Waals surface area contributed by atoms with Gasteiger partial charge in [0, 0.05) is 0 Å². The number of halogens is 3. The Labute approximate surface area is 105 Å². The van der Waals surface area contributed by atoms with E-state index < -0.39 is 14.7 Å². The van der Waals surface area contributed by atoms with Gasteiger partial charge in [-0.15, -0.1) is 0 Å². The van der Waals surface area contributed by atoms with Gasteiger partial charge in [-0.3, -0.25) is 0 Å². The Morgan fingerprint density at radius 1 is 1.15 bits per heavy atom. The van der Waals surface area contributed by atoms with Crippen molar-refractivity contribution in [3.63, 3.8) is 0 Å². The Kier molecular flexibility index (Phi) is 6.89. The van der Waals surface area contributed by atoms with Gasteiger partial charge in [0.15, 0.2) is 0 Å². The molecule has 0 saturated carbocycles. The second-order valence-electron chi connectivity index (χ2n) is 3.00. The largest absolute Gasteiger partial charge is 0.210 e. The summed E-state index contributed by atoms with van der Waals surface area (Å²) in [6.45, 7) is 0. The maximum Gasteiger partial charge on any atom is -0.0512 e. The Hall–Kier alpha value is 1.67. The zero-order valence-electron chi connectivity index (χ0n) is 7.19. The molecule has 13 heavy (non-hydrogen) atoms. The van der Waals surface area contributed by atoms with E-state index >= 15 is 0 Å².